The summed E-state index contributed by atoms with van der Waals surface area (Å²) in [6.45, 7) is -0.830. The van der Waals surface area contributed by atoms with Gasteiger partial charge in [0, 0.05) is 12.6 Å². The average Bonchev–Trinajstić information content (AvgIpc) is 2.26. The molecule has 1 rings (SSSR count). The van der Waals surface area contributed by atoms with Crippen molar-refractivity contribution in [3.05, 3.63) is 35.4 Å². The summed E-state index contributed by atoms with van der Waals surface area (Å²) < 4.78 is 36.5. The van der Waals surface area contributed by atoms with Crippen molar-refractivity contribution in [3.8, 4) is 0 Å². The van der Waals surface area contributed by atoms with Gasteiger partial charge in [0.15, 0.2) is 0 Å². The summed E-state index contributed by atoms with van der Waals surface area (Å²) in [5.74, 6) is -0.647. The number of nitrogens with two attached hydrogens (primary N) is 1. The molecule has 0 saturated carbocycles. The van der Waals surface area contributed by atoms with E-state index < -0.39 is 18.6 Å². The molecule has 0 aliphatic carbocycles. The summed E-state index contributed by atoms with van der Waals surface area (Å²) in [7, 11) is 1.13. The third kappa shape index (κ3) is 4.37. The summed E-state index contributed by atoms with van der Waals surface area (Å²) in [6.07, 6.45) is -3.80. The number of halogens is 3. The van der Waals surface area contributed by atoms with Crippen molar-refractivity contribution in [1.29, 1.82) is 0 Å². The second kappa shape index (κ2) is 5.86. The molecular weight excluding hydrogens is 245 g/mol. The standard InChI is InChI=1S/C12H15F3N2O/c1-17(8-12(13,14)15)11(18)10-4-2-3-9(7-10)5-6-16/h2-4,7H,5-6,8,16H2,1H3. The van der Waals surface area contributed by atoms with E-state index in [0.717, 1.165) is 12.6 Å². The highest BCUT2D eigenvalue weighted by Crippen LogP contribution is 2.17. The predicted octanol–water partition coefficient (Wildman–Crippen LogP) is 1.82. The highest BCUT2D eigenvalue weighted by Gasteiger charge is 2.31. The molecular formula is C12H15F3N2O. The third-order valence-electron chi connectivity index (χ3n) is 2.37. The van der Waals surface area contributed by atoms with E-state index in [-0.39, 0.29) is 5.56 Å². The normalized spacial score (nSPS) is 11.4. The molecule has 0 saturated heterocycles. The van der Waals surface area contributed by atoms with Crippen molar-refractivity contribution in [1.82, 2.24) is 4.90 Å². The summed E-state index contributed by atoms with van der Waals surface area (Å²) in [4.78, 5) is 12.4. The number of hydrogen-bond donors (Lipinski definition) is 1. The summed E-state index contributed by atoms with van der Waals surface area (Å²) in [5.41, 5.74) is 6.47. The number of amides is 1. The lowest BCUT2D eigenvalue weighted by molar-refractivity contribution is -0.138. The van der Waals surface area contributed by atoms with Crippen molar-refractivity contribution in [2.75, 3.05) is 20.1 Å². The topological polar surface area (TPSA) is 46.3 Å². The van der Waals surface area contributed by atoms with Gasteiger partial charge in [0.25, 0.3) is 5.91 Å². The molecule has 0 fully saturated rings. The molecule has 1 aromatic carbocycles. The number of rotatable bonds is 4. The van der Waals surface area contributed by atoms with Crippen LogP contribution in [-0.4, -0.2) is 37.1 Å². The van der Waals surface area contributed by atoms with Crippen LogP contribution in [0.2, 0.25) is 0 Å². The second-order valence-electron chi connectivity index (χ2n) is 4.02. The minimum absolute atomic E-state index is 0.243. The van der Waals surface area contributed by atoms with E-state index in [4.69, 9.17) is 5.73 Å². The van der Waals surface area contributed by atoms with Gasteiger partial charge in [0.1, 0.15) is 6.54 Å². The fourth-order valence-corrected chi connectivity index (χ4v) is 1.59. The molecule has 0 radical (unpaired) electrons. The van der Waals surface area contributed by atoms with Crippen LogP contribution in [0.1, 0.15) is 15.9 Å². The Hall–Kier alpha value is -1.56. The Morgan fingerprint density at radius 3 is 2.61 bits per heavy atom. The number of benzene rings is 1. The summed E-state index contributed by atoms with van der Waals surface area (Å²) in [6, 6.07) is 6.49. The highest BCUT2D eigenvalue weighted by atomic mass is 19.4. The maximum Gasteiger partial charge on any atom is 0.406 e. The van der Waals surface area contributed by atoms with Gasteiger partial charge in [0.2, 0.25) is 0 Å². The largest absolute Gasteiger partial charge is 0.406 e. The maximum absolute atomic E-state index is 12.2. The van der Waals surface area contributed by atoms with Gasteiger partial charge in [-0.1, -0.05) is 12.1 Å². The Balaban J connectivity index is 2.80. The molecule has 0 bridgehead atoms. The van der Waals surface area contributed by atoms with E-state index in [1.807, 2.05) is 0 Å². The Morgan fingerprint density at radius 2 is 2.06 bits per heavy atom. The van der Waals surface area contributed by atoms with E-state index in [9.17, 15) is 18.0 Å². The Bertz CT molecular complexity index is 418. The van der Waals surface area contributed by atoms with Crippen molar-refractivity contribution in [2.24, 2.45) is 5.73 Å². The first-order valence-electron chi connectivity index (χ1n) is 5.44. The SMILES string of the molecule is CN(CC(F)(F)F)C(=O)c1cccc(CCN)c1. The molecule has 0 atom stereocenters. The van der Waals surface area contributed by atoms with Gasteiger partial charge in [-0.2, -0.15) is 13.2 Å². The number of alkyl halides is 3. The lowest BCUT2D eigenvalue weighted by atomic mass is 10.1. The third-order valence-corrected chi connectivity index (χ3v) is 2.37. The molecule has 18 heavy (non-hydrogen) atoms. The minimum Gasteiger partial charge on any atom is -0.333 e. The average molecular weight is 260 g/mol. The smallest absolute Gasteiger partial charge is 0.333 e. The number of carbonyl (C=O) groups excluding carboxylic acids is 1. The molecule has 100 valence electrons. The Labute approximate surface area is 103 Å². The van der Waals surface area contributed by atoms with Crippen LogP contribution in [0.15, 0.2) is 24.3 Å². The van der Waals surface area contributed by atoms with Crippen molar-refractivity contribution in [2.45, 2.75) is 12.6 Å². The van der Waals surface area contributed by atoms with Crippen LogP contribution >= 0.6 is 0 Å². The molecule has 1 amide bonds. The number of nitrogens with zero attached hydrogens (tertiary/aromatic N) is 1. The monoisotopic (exact) mass is 260 g/mol. The Morgan fingerprint density at radius 1 is 1.39 bits per heavy atom. The first-order chi connectivity index (χ1) is 8.33. The van der Waals surface area contributed by atoms with Gasteiger partial charge in [-0.3, -0.25) is 4.79 Å². The maximum atomic E-state index is 12.2. The van der Waals surface area contributed by atoms with Gasteiger partial charge in [0.05, 0.1) is 0 Å². The van der Waals surface area contributed by atoms with E-state index in [1.165, 1.54) is 6.07 Å². The lowest BCUT2D eigenvalue weighted by Crippen LogP contribution is -2.35. The van der Waals surface area contributed by atoms with E-state index in [1.54, 1.807) is 18.2 Å². The van der Waals surface area contributed by atoms with E-state index in [0.29, 0.717) is 17.9 Å². The second-order valence-corrected chi connectivity index (χ2v) is 4.02. The lowest BCUT2D eigenvalue weighted by Gasteiger charge is -2.19. The van der Waals surface area contributed by atoms with Crippen molar-refractivity contribution >= 4 is 5.91 Å². The predicted molar refractivity (Wildman–Crippen MR) is 62.2 cm³/mol. The van der Waals surface area contributed by atoms with Crippen LogP contribution in [0.3, 0.4) is 0 Å². The van der Waals surface area contributed by atoms with Crippen molar-refractivity contribution < 1.29 is 18.0 Å². The molecule has 6 heteroatoms. The quantitative estimate of drug-likeness (QED) is 0.897. The van der Waals surface area contributed by atoms with Crippen LogP contribution in [0.5, 0.6) is 0 Å². The van der Waals surface area contributed by atoms with Crippen LogP contribution in [-0.2, 0) is 6.42 Å². The Kier molecular flexibility index (Phi) is 4.72. The summed E-state index contributed by atoms with van der Waals surface area (Å²) >= 11 is 0. The first-order valence-corrected chi connectivity index (χ1v) is 5.44. The fraction of sp³-hybridized carbons (Fsp3) is 0.417. The van der Waals surface area contributed by atoms with E-state index in [2.05, 4.69) is 0 Å². The number of hydrogen-bond acceptors (Lipinski definition) is 2. The molecule has 0 heterocycles. The molecule has 0 aromatic heterocycles. The van der Waals surface area contributed by atoms with Gasteiger partial charge in [-0.25, -0.2) is 0 Å². The molecule has 0 unspecified atom stereocenters. The van der Waals surface area contributed by atoms with Crippen molar-refractivity contribution in [3.63, 3.8) is 0 Å². The highest BCUT2D eigenvalue weighted by molar-refractivity contribution is 5.94. The fourth-order valence-electron chi connectivity index (χ4n) is 1.59. The van der Waals surface area contributed by atoms with Gasteiger partial charge in [-0.05, 0) is 30.7 Å². The first kappa shape index (κ1) is 14.5. The van der Waals surface area contributed by atoms with Gasteiger partial charge in [-0.15, -0.1) is 0 Å². The van der Waals surface area contributed by atoms with Gasteiger partial charge < -0.3 is 10.6 Å². The minimum atomic E-state index is -4.39. The zero-order chi connectivity index (χ0) is 13.8. The summed E-state index contributed by atoms with van der Waals surface area (Å²) in [5, 5.41) is 0. The molecule has 0 aliphatic heterocycles. The van der Waals surface area contributed by atoms with Gasteiger partial charge >= 0.3 is 6.18 Å². The molecule has 0 spiro atoms. The van der Waals surface area contributed by atoms with Crippen LogP contribution in [0.25, 0.3) is 0 Å². The molecule has 2 N–H and O–H groups in total. The molecule has 3 nitrogen and oxygen atoms in total. The number of carbonyl (C=O) groups is 1. The van der Waals surface area contributed by atoms with Crippen LogP contribution in [0, 0.1) is 0 Å². The zero-order valence-electron chi connectivity index (χ0n) is 10.00. The zero-order valence-corrected chi connectivity index (χ0v) is 10.00. The van der Waals surface area contributed by atoms with Crippen LogP contribution in [0.4, 0.5) is 13.2 Å². The molecule has 0 aliphatic rings. The van der Waals surface area contributed by atoms with E-state index >= 15 is 0 Å². The van der Waals surface area contributed by atoms with Crippen LogP contribution < -0.4 is 5.73 Å². The molecule has 1 aromatic rings.